The standard InChI is InChI=1S/C26H31ClN2O4/c27-19-7-10-23-22(15-19)21-11-12-29(26(31)33-16-17-3-1-4-17)25(24(21)28-23)18-5-8-20(9-6-18)32-14-2-13-30/h5-6,8-10,15,17,19,25,28,30H,1-4,7,11-14,16H2/t19?,25-/m0/s1. The molecule has 6 nitrogen and oxygen atoms in total. The second kappa shape index (κ2) is 9.82. The Labute approximate surface area is 198 Å². The number of rotatable bonds is 7. The van der Waals surface area contributed by atoms with Gasteiger partial charge in [-0.25, -0.2) is 4.79 Å². The number of nitrogens with zero attached hydrogens (tertiary/aromatic N) is 1. The Morgan fingerprint density at radius 1 is 1.24 bits per heavy atom. The number of alkyl halides is 1. The van der Waals surface area contributed by atoms with E-state index in [1.165, 1.54) is 17.2 Å². The van der Waals surface area contributed by atoms with Gasteiger partial charge >= 0.3 is 6.09 Å². The molecule has 1 aliphatic heterocycles. The number of aromatic amines is 1. The van der Waals surface area contributed by atoms with Gasteiger partial charge in [0.05, 0.1) is 18.6 Å². The van der Waals surface area contributed by atoms with Crippen LogP contribution in [-0.2, 0) is 11.2 Å². The lowest BCUT2D eigenvalue weighted by Crippen LogP contribution is -2.42. The topological polar surface area (TPSA) is 74.8 Å². The van der Waals surface area contributed by atoms with Crippen molar-refractivity contribution >= 4 is 29.8 Å². The van der Waals surface area contributed by atoms with Crippen LogP contribution in [0, 0.1) is 5.92 Å². The number of ether oxygens (including phenoxy) is 2. The van der Waals surface area contributed by atoms with Crippen molar-refractivity contribution < 1.29 is 19.4 Å². The van der Waals surface area contributed by atoms with Gasteiger partial charge in [-0.1, -0.05) is 30.7 Å². The summed E-state index contributed by atoms with van der Waals surface area (Å²) in [7, 11) is 0. The van der Waals surface area contributed by atoms with Crippen molar-refractivity contribution in [2.75, 3.05) is 26.4 Å². The Hall–Kier alpha value is -2.44. The Morgan fingerprint density at radius 2 is 2.06 bits per heavy atom. The van der Waals surface area contributed by atoms with Crippen LogP contribution in [-0.4, -0.2) is 52.8 Å². The van der Waals surface area contributed by atoms with Crippen LogP contribution in [0.2, 0.25) is 0 Å². The Bertz CT molecular complexity index is 1110. The molecule has 7 heteroatoms. The van der Waals surface area contributed by atoms with Crippen molar-refractivity contribution in [3.05, 3.63) is 51.7 Å². The molecule has 2 atom stereocenters. The van der Waals surface area contributed by atoms with E-state index >= 15 is 0 Å². The Morgan fingerprint density at radius 3 is 2.79 bits per heavy atom. The molecule has 0 radical (unpaired) electrons. The number of carbonyl (C=O) groups is 1. The van der Waals surface area contributed by atoms with Gasteiger partial charge in [-0.2, -0.15) is 0 Å². The second-order valence-corrected chi connectivity index (χ2v) is 9.74. The van der Waals surface area contributed by atoms with Crippen LogP contribution in [0.5, 0.6) is 5.75 Å². The second-order valence-electron chi connectivity index (χ2n) is 9.18. The first-order valence-electron chi connectivity index (χ1n) is 12.0. The van der Waals surface area contributed by atoms with Crippen LogP contribution in [0.4, 0.5) is 4.79 Å². The predicted molar refractivity (Wildman–Crippen MR) is 128 cm³/mol. The summed E-state index contributed by atoms with van der Waals surface area (Å²) in [5.74, 6) is 1.26. The van der Waals surface area contributed by atoms with E-state index in [4.69, 9.17) is 26.2 Å². The van der Waals surface area contributed by atoms with E-state index in [9.17, 15) is 4.79 Å². The summed E-state index contributed by atoms with van der Waals surface area (Å²) in [6.07, 6.45) is 9.71. The molecule has 1 aromatic heterocycles. The average Bonchev–Trinajstić information content (AvgIpc) is 3.16. The fraction of sp³-hybridized carbons (Fsp3) is 0.500. The van der Waals surface area contributed by atoms with Gasteiger partial charge in [-0.15, -0.1) is 11.6 Å². The first-order valence-corrected chi connectivity index (χ1v) is 12.4. The molecule has 2 N–H and O–H groups in total. The van der Waals surface area contributed by atoms with Gasteiger partial charge in [0, 0.05) is 35.8 Å². The number of carbonyl (C=O) groups excluding carboxylic acids is 1. The minimum Gasteiger partial charge on any atom is -0.494 e. The molecular formula is C26H31ClN2O4. The lowest BCUT2D eigenvalue weighted by atomic mass is 9.86. The van der Waals surface area contributed by atoms with Crippen molar-refractivity contribution in [3.63, 3.8) is 0 Å². The Kier molecular flexibility index (Phi) is 6.65. The summed E-state index contributed by atoms with van der Waals surface area (Å²) in [6, 6.07) is 7.62. The molecule has 176 valence electrons. The molecule has 0 saturated heterocycles. The summed E-state index contributed by atoms with van der Waals surface area (Å²) < 4.78 is 11.4. The smallest absolute Gasteiger partial charge is 0.410 e. The quantitative estimate of drug-likeness (QED) is 0.481. The molecule has 0 bridgehead atoms. The summed E-state index contributed by atoms with van der Waals surface area (Å²) in [5.41, 5.74) is 3.29. The van der Waals surface area contributed by atoms with Gasteiger partial charge in [-0.3, -0.25) is 4.90 Å². The number of fused-ring (bicyclic) bond motifs is 3. The average molecular weight is 471 g/mol. The summed E-state index contributed by atoms with van der Waals surface area (Å²) >= 11 is 6.42. The normalized spacial score (nSPS) is 21.8. The monoisotopic (exact) mass is 470 g/mol. The third-order valence-corrected chi connectivity index (χ3v) is 7.27. The number of benzene rings is 1. The predicted octanol–water partition coefficient (Wildman–Crippen LogP) is 3.23. The van der Waals surface area contributed by atoms with Crippen LogP contribution in [0.1, 0.15) is 55.0 Å². The van der Waals surface area contributed by atoms with Crippen LogP contribution in [0.15, 0.2) is 24.3 Å². The number of nitrogens with one attached hydrogen (secondary N) is 1. The lowest BCUT2D eigenvalue weighted by molar-refractivity contribution is 0.0619. The van der Waals surface area contributed by atoms with Crippen molar-refractivity contribution in [2.45, 2.75) is 49.9 Å². The number of halogens is 1. The van der Waals surface area contributed by atoms with E-state index in [0.717, 1.165) is 48.0 Å². The minimum atomic E-state index is -0.254. The number of H-pyrrole nitrogens is 1. The van der Waals surface area contributed by atoms with E-state index in [1.807, 2.05) is 29.2 Å². The number of amides is 1. The van der Waals surface area contributed by atoms with E-state index < -0.39 is 0 Å². The largest absolute Gasteiger partial charge is 0.494 e. The highest BCUT2D eigenvalue weighted by Gasteiger charge is 2.36. The molecule has 33 heavy (non-hydrogen) atoms. The van der Waals surface area contributed by atoms with E-state index in [-0.39, 0.29) is 24.1 Å². The molecule has 1 saturated carbocycles. The maximum atomic E-state index is 13.2. The van der Waals surface area contributed by atoms with Gasteiger partial charge in [0.1, 0.15) is 11.8 Å². The third kappa shape index (κ3) is 4.64. The van der Waals surface area contributed by atoms with Crippen molar-refractivity contribution in [3.8, 4) is 5.75 Å². The number of aliphatic hydroxyl groups is 1. The Balaban J connectivity index is 1.46. The van der Waals surface area contributed by atoms with Crippen LogP contribution >= 0.6 is 11.6 Å². The maximum absolute atomic E-state index is 13.2. The molecule has 1 unspecified atom stereocenters. The summed E-state index contributed by atoms with van der Waals surface area (Å²) in [4.78, 5) is 18.6. The van der Waals surface area contributed by atoms with E-state index in [1.54, 1.807) is 0 Å². The van der Waals surface area contributed by atoms with Crippen LogP contribution < -0.4 is 15.3 Å². The SMILES string of the molecule is O=C(OCC1CCC1)N1CCc2c([nH]c3c2=CC(Cl)CC=3)[C@@H]1c1ccc(OCCCO)cc1. The molecular weight excluding hydrogens is 440 g/mol. The fourth-order valence-corrected chi connectivity index (χ4v) is 5.14. The number of hydrogen-bond donors (Lipinski definition) is 2. The summed E-state index contributed by atoms with van der Waals surface area (Å²) in [6.45, 7) is 1.68. The van der Waals surface area contributed by atoms with Gasteiger partial charge in [0.15, 0.2) is 0 Å². The first kappa shape index (κ1) is 22.4. The van der Waals surface area contributed by atoms with Gasteiger partial charge in [0.2, 0.25) is 0 Å². The lowest BCUT2D eigenvalue weighted by Gasteiger charge is -2.36. The van der Waals surface area contributed by atoms with Gasteiger partial charge in [0.25, 0.3) is 0 Å². The molecule has 3 aliphatic rings. The highest BCUT2D eigenvalue weighted by Crippen LogP contribution is 2.35. The van der Waals surface area contributed by atoms with E-state index in [2.05, 4.69) is 17.1 Å². The molecule has 2 aromatic rings. The molecule has 1 amide bonds. The van der Waals surface area contributed by atoms with Crippen molar-refractivity contribution in [2.24, 2.45) is 5.92 Å². The fourth-order valence-electron chi connectivity index (χ4n) is 4.92. The molecule has 1 aromatic carbocycles. The van der Waals surface area contributed by atoms with E-state index in [0.29, 0.717) is 32.1 Å². The van der Waals surface area contributed by atoms with Gasteiger partial charge < -0.3 is 19.6 Å². The molecule has 2 aliphatic carbocycles. The number of aromatic nitrogens is 1. The maximum Gasteiger partial charge on any atom is 0.410 e. The summed E-state index contributed by atoms with van der Waals surface area (Å²) in [5, 5.41) is 11.2. The zero-order chi connectivity index (χ0) is 22.8. The first-order chi connectivity index (χ1) is 16.1. The number of hydrogen-bond acceptors (Lipinski definition) is 4. The van der Waals surface area contributed by atoms with Crippen LogP contribution in [0.3, 0.4) is 0 Å². The minimum absolute atomic E-state index is 0.00308. The number of aliphatic hydroxyl groups excluding tert-OH is 1. The molecule has 1 fully saturated rings. The molecule has 2 heterocycles. The zero-order valence-electron chi connectivity index (χ0n) is 18.8. The highest BCUT2D eigenvalue weighted by atomic mass is 35.5. The highest BCUT2D eigenvalue weighted by molar-refractivity contribution is 6.24. The molecule has 5 rings (SSSR count). The van der Waals surface area contributed by atoms with Crippen molar-refractivity contribution in [1.82, 2.24) is 9.88 Å². The van der Waals surface area contributed by atoms with Crippen molar-refractivity contribution in [1.29, 1.82) is 0 Å². The zero-order valence-corrected chi connectivity index (χ0v) is 19.5. The van der Waals surface area contributed by atoms with Crippen LogP contribution in [0.25, 0.3) is 12.2 Å². The third-order valence-electron chi connectivity index (χ3n) is 6.96. The van der Waals surface area contributed by atoms with Gasteiger partial charge in [-0.05, 0) is 54.9 Å². The molecule has 0 spiro atoms.